The predicted octanol–water partition coefficient (Wildman–Crippen LogP) is 1.96. The normalized spacial score (nSPS) is 10.2. The molecule has 0 heterocycles. The van der Waals surface area contributed by atoms with Crippen LogP contribution in [0.4, 0.5) is 0 Å². The summed E-state index contributed by atoms with van der Waals surface area (Å²) in [6, 6.07) is 0. The Bertz CT molecular complexity index is 130. The fourth-order valence-corrected chi connectivity index (χ4v) is 0.756. The lowest BCUT2D eigenvalue weighted by Gasteiger charge is -1.97. The molecule has 0 aromatic carbocycles. The average Bonchev–Trinajstić information content (AvgIpc) is 2.03. The lowest BCUT2D eigenvalue weighted by molar-refractivity contribution is 0.678. The van der Waals surface area contributed by atoms with Crippen LogP contribution in [-0.2, 0) is 0 Å². The summed E-state index contributed by atoms with van der Waals surface area (Å²) in [6.07, 6.45) is 12.3. The van der Waals surface area contributed by atoms with E-state index in [0.717, 1.165) is 25.9 Å². The molecule has 0 aliphatic rings. The Hall–Kier alpha value is -0.740. The topological polar surface area (TPSA) is 12.0 Å². The Morgan fingerprint density at radius 3 is 2.82 bits per heavy atom. The number of nitrogens with one attached hydrogen (secondary N) is 1. The van der Waals surface area contributed by atoms with E-state index in [-0.39, 0.29) is 0 Å². The molecule has 0 fully saturated rings. The molecule has 0 radical (unpaired) electrons. The number of rotatable bonds is 6. The second-order valence-corrected chi connectivity index (χ2v) is 2.42. The highest BCUT2D eigenvalue weighted by molar-refractivity contribution is 4.96. The van der Waals surface area contributed by atoms with Crippen molar-refractivity contribution in [3.8, 4) is 12.3 Å². The van der Waals surface area contributed by atoms with Gasteiger partial charge < -0.3 is 5.32 Å². The van der Waals surface area contributed by atoms with Crippen molar-refractivity contribution in [1.29, 1.82) is 0 Å². The highest BCUT2D eigenvalue weighted by atomic mass is 14.8. The zero-order chi connectivity index (χ0) is 8.36. The van der Waals surface area contributed by atoms with Gasteiger partial charge in [0.1, 0.15) is 0 Å². The maximum Gasteiger partial charge on any atom is 0.0267 e. The molecule has 11 heavy (non-hydrogen) atoms. The van der Waals surface area contributed by atoms with Crippen LogP contribution in [-0.4, -0.2) is 13.1 Å². The van der Waals surface area contributed by atoms with Gasteiger partial charge in [-0.05, 0) is 25.9 Å². The molecule has 1 heteroatoms. The van der Waals surface area contributed by atoms with Gasteiger partial charge in [0.05, 0.1) is 0 Å². The molecule has 1 N–H and O–H groups in total. The van der Waals surface area contributed by atoms with Gasteiger partial charge >= 0.3 is 0 Å². The molecule has 0 bridgehead atoms. The van der Waals surface area contributed by atoms with Gasteiger partial charge in [0.15, 0.2) is 0 Å². The predicted molar refractivity (Wildman–Crippen MR) is 50.4 cm³/mol. The fraction of sp³-hybridized carbons (Fsp3) is 0.600. The molecule has 0 unspecified atom stereocenters. The maximum atomic E-state index is 5.07. The zero-order valence-corrected chi connectivity index (χ0v) is 7.27. The number of hydrogen-bond donors (Lipinski definition) is 1. The van der Waals surface area contributed by atoms with Crippen molar-refractivity contribution in [2.24, 2.45) is 0 Å². The highest BCUT2D eigenvalue weighted by Crippen LogP contribution is 1.84. The van der Waals surface area contributed by atoms with E-state index in [0.29, 0.717) is 0 Å². The largest absolute Gasteiger partial charge is 0.316 e. The third-order valence-corrected chi connectivity index (χ3v) is 1.32. The van der Waals surface area contributed by atoms with Crippen LogP contribution in [0.1, 0.15) is 26.2 Å². The minimum absolute atomic E-state index is 0.758. The summed E-state index contributed by atoms with van der Waals surface area (Å²) < 4.78 is 0. The van der Waals surface area contributed by atoms with Crippen molar-refractivity contribution in [3.05, 3.63) is 12.2 Å². The Morgan fingerprint density at radius 2 is 2.18 bits per heavy atom. The molecule has 0 aliphatic carbocycles. The molecule has 0 atom stereocenters. The third kappa shape index (κ3) is 9.26. The lowest BCUT2D eigenvalue weighted by Crippen LogP contribution is -2.14. The van der Waals surface area contributed by atoms with E-state index >= 15 is 0 Å². The fourth-order valence-electron chi connectivity index (χ4n) is 0.756. The molecule has 0 rings (SSSR count). The van der Waals surface area contributed by atoms with Gasteiger partial charge in [0.25, 0.3) is 0 Å². The minimum atomic E-state index is 0.758. The Kier molecular flexibility index (Phi) is 8.64. The second-order valence-electron chi connectivity index (χ2n) is 2.42. The molecular weight excluding hydrogens is 134 g/mol. The average molecular weight is 151 g/mol. The van der Waals surface area contributed by atoms with Crippen molar-refractivity contribution in [1.82, 2.24) is 5.32 Å². The molecule has 0 aromatic rings. The molecule has 1 nitrogen and oxygen atoms in total. The van der Waals surface area contributed by atoms with Crippen molar-refractivity contribution >= 4 is 0 Å². The van der Waals surface area contributed by atoms with Crippen LogP contribution in [0.15, 0.2) is 12.2 Å². The maximum absolute atomic E-state index is 5.07. The van der Waals surface area contributed by atoms with E-state index in [9.17, 15) is 0 Å². The minimum Gasteiger partial charge on any atom is -0.316 e. The molecular formula is C10H17N. The summed E-state index contributed by atoms with van der Waals surface area (Å²) in [7, 11) is 0. The summed E-state index contributed by atoms with van der Waals surface area (Å²) in [4.78, 5) is 0. The van der Waals surface area contributed by atoms with E-state index in [1.807, 2.05) is 6.08 Å². The van der Waals surface area contributed by atoms with Crippen LogP contribution in [0.25, 0.3) is 0 Å². The first-order chi connectivity index (χ1) is 5.41. The Morgan fingerprint density at radius 1 is 1.36 bits per heavy atom. The van der Waals surface area contributed by atoms with Gasteiger partial charge in [-0.2, -0.15) is 0 Å². The van der Waals surface area contributed by atoms with Crippen LogP contribution < -0.4 is 5.32 Å². The van der Waals surface area contributed by atoms with E-state index in [1.165, 1.54) is 6.42 Å². The summed E-state index contributed by atoms with van der Waals surface area (Å²) >= 11 is 0. The number of allylic oxidation sites excluding steroid dienone is 1. The monoisotopic (exact) mass is 151 g/mol. The lowest BCUT2D eigenvalue weighted by atomic mass is 10.3. The van der Waals surface area contributed by atoms with Crippen LogP contribution in [0.5, 0.6) is 0 Å². The first-order valence-electron chi connectivity index (χ1n) is 4.21. The smallest absolute Gasteiger partial charge is 0.0267 e. The van der Waals surface area contributed by atoms with Crippen molar-refractivity contribution in [3.63, 3.8) is 0 Å². The molecule has 62 valence electrons. The van der Waals surface area contributed by atoms with Gasteiger partial charge in [-0.1, -0.05) is 19.1 Å². The van der Waals surface area contributed by atoms with E-state index in [1.54, 1.807) is 0 Å². The van der Waals surface area contributed by atoms with Gasteiger partial charge in [-0.15, -0.1) is 12.3 Å². The molecule has 0 spiro atoms. The summed E-state index contributed by atoms with van der Waals surface area (Å²) in [5.74, 6) is 2.56. The van der Waals surface area contributed by atoms with Crippen LogP contribution in [0.3, 0.4) is 0 Å². The van der Waals surface area contributed by atoms with Gasteiger partial charge in [-0.3, -0.25) is 0 Å². The number of hydrogen-bond acceptors (Lipinski definition) is 1. The summed E-state index contributed by atoms with van der Waals surface area (Å²) in [5, 5.41) is 3.31. The molecule has 0 saturated heterocycles. The van der Waals surface area contributed by atoms with Gasteiger partial charge in [0.2, 0.25) is 0 Å². The summed E-state index contributed by atoms with van der Waals surface area (Å²) in [5.41, 5.74) is 0. The molecule has 0 aliphatic heterocycles. The van der Waals surface area contributed by atoms with Crippen LogP contribution in [0, 0.1) is 12.3 Å². The first-order valence-corrected chi connectivity index (χ1v) is 4.21. The van der Waals surface area contributed by atoms with E-state index < -0.39 is 0 Å². The molecule has 0 saturated carbocycles. The summed E-state index contributed by atoms with van der Waals surface area (Å²) in [6.45, 7) is 4.35. The standard InChI is InChI=1S/C10H17N/c1-3-5-6-7-8-10-11-9-4-2/h1,6-7,11H,4-5,8-10H2,2H3. The quantitative estimate of drug-likeness (QED) is 0.347. The second kappa shape index (κ2) is 9.26. The number of terminal acetylenes is 1. The third-order valence-electron chi connectivity index (χ3n) is 1.32. The molecule has 0 aromatic heterocycles. The SMILES string of the molecule is C#CCC=CCCNCCC. The van der Waals surface area contributed by atoms with Crippen LogP contribution in [0.2, 0.25) is 0 Å². The van der Waals surface area contributed by atoms with Crippen LogP contribution >= 0.6 is 0 Å². The van der Waals surface area contributed by atoms with Crippen molar-refractivity contribution in [2.75, 3.05) is 13.1 Å². The Balaban J connectivity index is 2.96. The zero-order valence-electron chi connectivity index (χ0n) is 7.27. The van der Waals surface area contributed by atoms with E-state index in [4.69, 9.17) is 6.42 Å². The molecule has 0 amide bonds. The van der Waals surface area contributed by atoms with E-state index in [2.05, 4.69) is 24.2 Å². The highest BCUT2D eigenvalue weighted by Gasteiger charge is 1.80. The van der Waals surface area contributed by atoms with Gasteiger partial charge in [-0.25, -0.2) is 0 Å². The van der Waals surface area contributed by atoms with Gasteiger partial charge in [0, 0.05) is 6.42 Å². The van der Waals surface area contributed by atoms with Crippen molar-refractivity contribution < 1.29 is 0 Å². The first kappa shape index (κ1) is 10.3. The Labute approximate surface area is 69.9 Å². The van der Waals surface area contributed by atoms with Crippen molar-refractivity contribution in [2.45, 2.75) is 26.2 Å².